The van der Waals surface area contributed by atoms with E-state index in [-0.39, 0.29) is 5.54 Å². The van der Waals surface area contributed by atoms with Crippen molar-refractivity contribution < 1.29 is 0 Å². The Morgan fingerprint density at radius 3 is 2.24 bits per heavy atom. The van der Waals surface area contributed by atoms with Crippen LogP contribution in [-0.2, 0) is 0 Å². The highest BCUT2D eigenvalue weighted by Gasteiger charge is 2.19. The Hall–Kier alpha value is -0.800. The minimum absolute atomic E-state index is 0.0521. The van der Waals surface area contributed by atoms with Crippen LogP contribution in [0, 0.1) is 0 Å². The fourth-order valence-electron chi connectivity index (χ4n) is 1.40. The largest absolute Gasteiger partial charge is 0.357 e. The summed E-state index contributed by atoms with van der Waals surface area (Å²) in [7, 11) is 0. The number of hydrogen-bond acceptors (Lipinski definition) is 1. The minimum Gasteiger partial charge on any atom is -0.357 e. The van der Waals surface area contributed by atoms with E-state index in [4.69, 9.17) is 23.8 Å². The lowest BCUT2D eigenvalue weighted by Gasteiger charge is -2.29. The third-order valence-corrected chi connectivity index (χ3v) is 3.53. The normalized spacial score (nSPS) is 11.1. The molecule has 2 nitrogen and oxygen atoms in total. The maximum Gasteiger partial charge on any atom is 0.171 e. The van der Waals surface area contributed by atoms with Gasteiger partial charge in [-0.05, 0) is 56.2 Å². The Kier molecular flexibility index (Phi) is 5.22. The Balaban J connectivity index is 2.58. The average Bonchev–Trinajstić information content (AvgIpc) is 2.32. The van der Waals surface area contributed by atoms with Crippen molar-refractivity contribution in [2.24, 2.45) is 0 Å². The second-order valence-electron chi connectivity index (χ2n) is 4.35. The van der Waals surface area contributed by atoms with Gasteiger partial charge in [0.2, 0.25) is 0 Å². The Labute approximate surface area is 114 Å². The zero-order valence-corrected chi connectivity index (χ0v) is 12.1. The summed E-state index contributed by atoms with van der Waals surface area (Å²) < 4.78 is 0. The molecule has 0 bridgehead atoms. The molecule has 94 valence electrons. The smallest absolute Gasteiger partial charge is 0.171 e. The number of benzene rings is 1. The molecule has 0 heterocycles. The summed E-state index contributed by atoms with van der Waals surface area (Å²) in [6.45, 7) is 6.48. The fourth-order valence-corrected chi connectivity index (χ4v) is 1.89. The standard InChI is InChI=1S/C13H19ClN2S/c1-4-13(3,5-2)16-12(17)15-11-8-6-10(14)7-9-11/h6-9H,4-5H2,1-3H3,(H2,15,16,17). The van der Waals surface area contributed by atoms with E-state index in [1.54, 1.807) is 0 Å². The van der Waals surface area contributed by atoms with Gasteiger partial charge in [0.25, 0.3) is 0 Å². The van der Waals surface area contributed by atoms with Gasteiger partial charge in [-0.1, -0.05) is 25.4 Å². The van der Waals surface area contributed by atoms with E-state index < -0.39 is 0 Å². The van der Waals surface area contributed by atoms with Crippen LogP contribution in [0.4, 0.5) is 5.69 Å². The molecule has 0 radical (unpaired) electrons. The van der Waals surface area contributed by atoms with Crippen molar-refractivity contribution in [2.75, 3.05) is 5.32 Å². The van der Waals surface area contributed by atoms with Gasteiger partial charge in [0.15, 0.2) is 5.11 Å². The molecule has 0 fully saturated rings. The lowest BCUT2D eigenvalue weighted by Crippen LogP contribution is -2.46. The summed E-state index contributed by atoms with van der Waals surface area (Å²) in [4.78, 5) is 0. The molecule has 0 atom stereocenters. The summed E-state index contributed by atoms with van der Waals surface area (Å²) in [5.74, 6) is 0. The van der Waals surface area contributed by atoms with E-state index in [0.717, 1.165) is 23.6 Å². The molecule has 0 aromatic heterocycles. The van der Waals surface area contributed by atoms with Gasteiger partial charge < -0.3 is 10.6 Å². The molecule has 4 heteroatoms. The number of anilines is 1. The molecule has 2 N–H and O–H groups in total. The van der Waals surface area contributed by atoms with Gasteiger partial charge in [0.1, 0.15) is 0 Å². The molecule has 0 saturated carbocycles. The van der Waals surface area contributed by atoms with Crippen LogP contribution < -0.4 is 10.6 Å². The monoisotopic (exact) mass is 270 g/mol. The molecule has 0 aliphatic rings. The van der Waals surface area contributed by atoms with E-state index in [0.29, 0.717) is 5.11 Å². The molecule has 1 aromatic carbocycles. The summed E-state index contributed by atoms with van der Waals surface area (Å²) >= 11 is 11.1. The van der Waals surface area contributed by atoms with Crippen LogP contribution in [0.15, 0.2) is 24.3 Å². The number of thiocarbonyl (C=S) groups is 1. The van der Waals surface area contributed by atoms with Crippen molar-refractivity contribution >= 4 is 34.6 Å². The first-order chi connectivity index (χ1) is 7.99. The number of nitrogens with one attached hydrogen (secondary N) is 2. The van der Waals surface area contributed by atoms with Crippen LogP contribution in [0.3, 0.4) is 0 Å². The highest BCUT2D eigenvalue weighted by molar-refractivity contribution is 7.80. The summed E-state index contributed by atoms with van der Waals surface area (Å²) in [5.41, 5.74) is 0.998. The minimum atomic E-state index is 0.0521. The van der Waals surface area contributed by atoms with Gasteiger partial charge in [-0.25, -0.2) is 0 Å². The first-order valence-electron chi connectivity index (χ1n) is 5.84. The molecule has 0 unspecified atom stereocenters. The van der Waals surface area contributed by atoms with Crippen LogP contribution in [-0.4, -0.2) is 10.7 Å². The van der Waals surface area contributed by atoms with Gasteiger partial charge >= 0.3 is 0 Å². The SMILES string of the molecule is CCC(C)(CC)NC(=S)Nc1ccc(Cl)cc1. The van der Waals surface area contributed by atoms with Crippen molar-refractivity contribution in [2.45, 2.75) is 39.2 Å². The van der Waals surface area contributed by atoms with Crippen molar-refractivity contribution in [1.82, 2.24) is 5.32 Å². The van der Waals surface area contributed by atoms with E-state index in [1.165, 1.54) is 0 Å². The Morgan fingerprint density at radius 2 is 1.76 bits per heavy atom. The van der Waals surface area contributed by atoms with E-state index >= 15 is 0 Å². The molecule has 0 aliphatic heterocycles. The van der Waals surface area contributed by atoms with Crippen LogP contribution in [0.5, 0.6) is 0 Å². The number of halogens is 1. The molecule has 0 spiro atoms. The van der Waals surface area contributed by atoms with Crippen molar-refractivity contribution in [3.8, 4) is 0 Å². The van der Waals surface area contributed by atoms with Gasteiger partial charge in [0, 0.05) is 16.2 Å². The maximum atomic E-state index is 5.82. The predicted octanol–water partition coefficient (Wildman–Crippen LogP) is 4.21. The molecule has 17 heavy (non-hydrogen) atoms. The highest BCUT2D eigenvalue weighted by Crippen LogP contribution is 2.16. The molecular formula is C13H19ClN2S. The summed E-state index contributed by atoms with van der Waals surface area (Å²) in [6.07, 6.45) is 2.07. The zero-order valence-electron chi connectivity index (χ0n) is 10.5. The van der Waals surface area contributed by atoms with Crippen molar-refractivity contribution in [3.63, 3.8) is 0 Å². The lowest BCUT2D eigenvalue weighted by atomic mass is 9.96. The quantitative estimate of drug-likeness (QED) is 0.802. The highest BCUT2D eigenvalue weighted by atomic mass is 35.5. The summed E-state index contributed by atoms with van der Waals surface area (Å²) in [5, 5.41) is 7.87. The van der Waals surface area contributed by atoms with Gasteiger partial charge in [-0.3, -0.25) is 0 Å². The third kappa shape index (κ3) is 4.52. The first-order valence-corrected chi connectivity index (χ1v) is 6.62. The second-order valence-corrected chi connectivity index (χ2v) is 5.20. The summed E-state index contributed by atoms with van der Waals surface area (Å²) in [6, 6.07) is 7.49. The second kappa shape index (κ2) is 6.22. The van der Waals surface area contributed by atoms with Crippen LogP contribution in [0.1, 0.15) is 33.6 Å². The van der Waals surface area contributed by atoms with Crippen LogP contribution in [0.2, 0.25) is 5.02 Å². The Morgan fingerprint density at radius 1 is 1.24 bits per heavy atom. The average molecular weight is 271 g/mol. The zero-order chi connectivity index (χ0) is 12.9. The molecule has 1 rings (SSSR count). The lowest BCUT2D eigenvalue weighted by molar-refractivity contribution is 0.391. The Bertz CT molecular complexity index is 372. The predicted molar refractivity (Wildman–Crippen MR) is 79.8 cm³/mol. The molecule has 0 aliphatic carbocycles. The van der Waals surface area contributed by atoms with E-state index in [2.05, 4.69) is 31.4 Å². The number of rotatable bonds is 4. The third-order valence-electron chi connectivity index (χ3n) is 3.08. The molecule has 1 aromatic rings. The van der Waals surface area contributed by atoms with E-state index in [1.807, 2.05) is 24.3 Å². The number of hydrogen-bond donors (Lipinski definition) is 2. The first kappa shape index (κ1) is 14.3. The maximum absolute atomic E-state index is 5.82. The van der Waals surface area contributed by atoms with Gasteiger partial charge in [0.05, 0.1) is 0 Å². The van der Waals surface area contributed by atoms with Gasteiger partial charge in [-0.2, -0.15) is 0 Å². The molecule has 0 amide bonds. The van der Waals surface area contributed by atoms with E-state index in [9.17, 15) is 0 Å². The molecular weight excluding hydrogens is 252 g/mol. The van der Waals surface area contributed by atoms with Crippen LogP contribution >= 0.6 is 23.8 Å². The van der Waals surface area contributed by atoms with Crippen molar-refractivity contribution in [3.05, 3.63) is 29.3 Å². The van der Waals surface area contributed by atoms with Crippen molar-refractivity contribution in [1.29, 1.82) is 0 Å². The topological polar surface area (TPSA) is 24.1 Å². The van der Waals surface area contributed by atoms with Gasteiger partial charge in [-0.15, -0.1) is 0 Å². The fraction of sp³-hybridized carbons (Fsp3) is 0.462. The molecule has 0 saturated heterocycles. The van der Waals surface area contributed by atoms with Crippen LogP contribution in [0.25, 0.3) is 0 Å².